The van der Waals surface area contributed by atoms with Crippen LogP contribution in [0.2, 0.25) is 0 Å². The number of amides is 3. The molecule has 1 aliphatic heterocycles. The first kappa shape index (κ1) is 19.5. The Bertz CT molecular complexity index is 1000. The van der Waals surface area contributed by atoms with Crippen molar-refractivity contribution in [2.45, 2.75) is 56.5 Å². The van der Waals surface area contributed by atoms with Crippen molar-refractivity contribution in [3.63, 3.8) is 0 Å². The molecule has 0 radical (unpaired) electrons. The molecule has 1 aromatic heterocycles. The predicted molar refractivity (Wildman–Crippen MR) is 113 cm³/mol. The number of hydrogen-bond acceptors (Lipinski definition) is 4. The lowest BCUT2D eigenvalue weighted by atomic mass is 9.99. The zero-order valence-electron chi connectivity index (χ0n) is 17.0. The lowest BCUT2D eigenvalue weighted by Crippen LogP contribution is -2.34. The average molecular weight is 428 g/mol. The fourth-order valence-electron chi connectivity index (χ4n) is 4.89. The SMILES string of the molecule is CN1CCCc2oc([S+]([O-])NC(=O)Nc3c4c(cc5c3CCC5)CCC4)cc2C1=O. The van der Waals surface area contributed by atoms with E-state index in [1.807, 2.05) is 0 Å². The Morgan fingerprint density at radius 1 is 1.07 bits per heavy atom. The third-order valence-electron chi connectivity index (χ3n) is 6.34. The van der Waals surface area contributed by atoms with Crippen molar-refractivity contribution < 1.29 is 18.6 Å². The molecular formula is C22H25N3O4S. The number of nitrogens with one attached hydrogen (secondary N) is 2. The number of hydrogen-bond donors (Lipinski definition) is 2. The molecule has 0 saturated carbocycles. The van der Waals surface area contributed by atoms with E-state index in [4.69, 9.17) is 4.42 Å². The molecule has 5 rings (SSSR count). The molecule has 1 unspecified atom stereocenters. The second kappa shape index (κ2) is 7.67. The molecule has 2 aliphatic carbocycles. The van der Waals surface area contributed by atoms with Gasteiger partial charge in [0.2, 0.25) is 0 Å². The third kappa shape index (κ3) is 3.37. The second-order valence-corrected chi connectivity index (χ2v) is 9.44. The maximum absolute atomic E-state index is 12.7. The Labute approximate surface area is 178 Å². The highest BCUT2D eigenvalue weighted by molar-refractivity contribution is 7.89. The highest BCUT2D eigenvalue weighted by Crippen LogP contribution is 2.38. The van der Waals surface area contributed by atoms with Crippen LogP contribution < -0.4 is 10.0 Å². The van der Waals surface area contributed by atoms with Crippen molar-refractivity contribution in [2.24, 2.45) is 0 Å². The molecule has 0 saturated heterocycles. The number of nitrogens with zero attached hydrogens (tertiary/aromatic N) is 1. The smallest absolute Gasteiger partial charge is 0.361 e. The van der Waals surface area contributed by atoms with Gasteiger partial charge in [-0.1, -0.05) is 6.07 Å². The Morgan fingerprint density at radius 3 is 2.47 bits per heavy atom. The molecule has 2 heterocycles. The van der Waals surface area contributed by atoms with E-state index in [0.29, 0.717) is 24.3 Å². The van der Waals surface area contributed by atoms with Gasteiger partial charge in [-0.05, 0) is 67.2 Å². The van der Waals surface area contributed by atoms with Gasteiger partial charge in [0.15, 0.2) is 0 Å². The summed E-state index contributed by atoms with van der Waals surface area (Å²) in [7, 11) is 1.74. The first-order chi connectivity index (χ1) is 14.5. The van der Waals surface area contributed by atoms with E-state index in [1.54, 1.807) is 11.9 Å². The Hall–Kier alpha value is -2.45. The van der Waals surface area contributed by atoms with Crippen LogP contribution in [-0.2, 0) is 43.5 Å². The summed E-state index contributed by atoms with van der Waals surface area (Å²) in [5.74, 6) is 0.392. The predicted octanol–water partition coefficient (Wildman–Crippen LogP) is 3.12. The summed E-state index contributed by atoms with van der Waals surface area (Å²) in [4.78, 5) is 26.7. The van der Waals surface area contributed by atoms with E-state index in [1.165, 1.54) is 28.3 Å². The molecule has 30 heavy (non-hydrogen) atoms. The van der Waals surface area contributed by atoms with E-state index in [-0.39, 0.29) is 11.0 Å². The van der Waals surface area contributed by atoms with Crippen LogP contribution in [0.3, 0.4) is 0 Å². The molecule has 1 aromatic carbocycles. The Morgan fingerprint density at radius 2 is 1.77 bits per heavy atom. The summed E-state index contributed by atoms with van der Waals surface area (Å²) < 4.78 is 20.9. The van der Waals surface area contributed by atoms with Gasteiger partial charge in [-0.3, -0.25) is 4.79 Å². The lowest BCUT2D eigenvalue weighted by molar-refractivity contribution is 0.0800. The molecule has 2 aromatic rings. The van der Waals surface area contributed by atoms with Crippen LogP contribution in [0.1, 0.15) is 57.6 Å². The van der Waals surface area contributed by atoms with E-state index in [9.17, 15) is 14.1 Å². The van der Waals surface area contributed by atoms with Gasteiger partial charge in [0.05, 0.1) is 11.6 Å². The maximum atomic E-state index is 12.7. The molecule has 7 nitrogen and oxygen atoms in total. The van der Waals surface area contributed by atoms with Crippen LogP contribution in [0.25, 0.3) is 0 Å². The largest absolute Gasteiger partial charge is 0.585 e. The second-order valence-electron chi connectivity index (χ2n) is 8.29. The monoisotopic (exact) mass is 427 g/mol. The van der Waals surface area contributed by atoms with Crippen LogP contribution in [0.4, 0.5) is 10.5 Å². The van der Waals surface area contributed by atoms with Gasteiger partial charge >= 0.3 is 11.1 Å². The molecule has 0 fully saturated rings. The molecule has 0 spiro atoms. The number of benzene rings is 1. The average Bonchev–Trinajstić information content (AvgIpc) is 3.44. The van der Waals surface area contributed by atoms with E-state index < -0.39 is 17.4 Å². The highest BCUT2D eigenvalue weighted by atomic mass is 32.2. The minimum atomic E-state index is -1.88. The van der Waals surface area contributed by atoms with Gasteiger partial charge in [-0.15, -0.1) is 4.72 Å². The lowest BCUT2D eigenvalue weighted by Gasteiger charge is -2.16. The number of carbonyl (C=O) groups excluding carboxylic acids is 2. The summed E-state index contributed by atoms with van der Waals surface area (Å²) in [6.45, 7) is 0.661. The van der Waals surface area contributed by atoms with Gasteiger partial charge in [0.1, 0.15) is 17.1 Å². The standard InChI is InChI=1S/C22H25N3O4S/c1-25-10-4-9-18-17(21(25)26)12-19(29-18)30(28)24-22(27)23-20-15-7-2-5-13(15)11-14-6-3-8-16(14)20/h11-12H,2-10H2,1H3,(H2,23,24,27). The van der Waals surface area contributed by atoms with Crippen LogP contribution in [0.5, 0.6) is 0 Å². The molecule has 1 atom stereocenters. The zero-order valence-corrected chi connectivity index (χ0v) is 17.8. The van der Waals surface area contributed by atoms with Crippen molar-refractivity contribution in [2.75, 3.05) is 18.9 Å². The molecule has 3 aliphatic rings. The maximum Gasteiger partial charge on any atom is 0.361 e. The zero-order chi connectivity index (χ0) is 20.8. The van der Waals surface area contributed by atoms with Crippen molar-refractivity contribution in [1.82, 2.24) is 9.62 Å². The Balaban J connectivity index is 1.33. The van der Waals surface area contributed by atoms with E-state index in [2.05, 4.69) is 16.1 Å². The van der Waals surface area contributed by atoms with E-state index >= 15 is 0 Å². The minimum absolute atomic E-state index is 0.0994. The number of carbonyl (C=O) groups is 2. The van der Waals surface area contributed by atoms with E-state index in [0.717, 1.165) is 50.6 Å². The summed E-state index contributed by atoms with van der Waals surface area (Å²) in [6, 6.07) is 3.28. The number of urea groups is 1. The van der Waals surface area contributed by atoms with Crippen molar-refractivity contribution in [1.29, 1.82) is 0 Å². The molecule has 8 heteroatoms. The van der Waals surface area contributed by atoms with Crippen molar-refractivity contribution in [3.05, 3.63) is 45.7 Å². The van der Waals surface area contributed by atoms with Crippen LogP contribution in [0, 0.1) is 0 Å². The highest BCUT2D eigenvalue weighted by Gasteiger charge is 2.30. The van der Waals surface area contributed by atoms with Gasteiger partial charge in [-0.25, -0.2) is 4.79 Å². The summed E-state index contributed by atoms with van der Waals surface area (Å²) >= 11 is -1.88. The first-order valence-electron chi connectivity index (χ1n) is 10.6. The third-order valence-corrected chi connectivity index (χ3v) is 7.28. The fourth-order valence-corrected chi connectivity index (χ4v) is 5.61. The van der Waals surface area contributed by atoms with Crippen molar-refractivity contribution in [3.8, 4) is 0 Å². The molecule has 158 valence electrons. The van der Waals surface area contributed by atoms with Crippen molar-refractivity contribution >= 4 is 29.0 Å². The first-order valence-corrected chi connectivity index (χ1v) is 11.7. The number of fused-ring (bicyclic) bond motifs is 3. The summed E-state index contributed by atoms with van der Waals surface area (Å²) in [5, 5.41) is 3.07. The van der Waals surface area contributed by atoms with Gasteiger partial charge in [0, 0.05) is 25.7 Å². The molecule has 3 amide bonds. The number of aryl methyl sites for hydroxylation is 3. The quantitative estimate of drug-likeness (QED) is 0.736. The number of rotatable bonds is 3. The van der Waals surface area contributed by atoms with Crippen LogP contribution in [0.15, 0.2) is 21.6 Å². The Kier molecular flexibility index (Phi) is 4.99. The summed E-state index contributed by atoms with van der Waals surface area (Å²) in [6.07, 6.45) is 7.60. The topological polar surface area (TPSA) is 97.6 Å². The van der Waals surface area contributed by atoms with Gasteiger partial charge in [0.25, 0.3) is 5.91 Å². The molecule has 0 bridgehead atoms. The normalized spacial score (nSPS) is 18.5. The summed E-state index contributed by atoms with van der Waals surface area (Å²) in [5.41, 5.74) is 6.41. The van der Waals surface area contributed by atoms with Crippen LogP contribution >= 0.6 is 0 Å². The fraction of sp³-hybridized carbons (Fsp3) is 0.455. The molecular weight excluding hydrogens is 402 g/mol. The number of furan rings is 1. The van der Waals surface area contributed by atoms with Gasteiger partial charge < -0.3 is 19.2 Å². The molecule has 2 N–H and O–H groups in total. The minimum Gasteiger partial charge on any atom is -0.585 e. The number of anilines is 1. The van der Waals surface area contributed by atoms with Crippen LogP contribution in [-0.4, -0.2) is 35.0 Å². The van der Waals surface area contributed by atoms with Gasteiger partial charge in [-0.2, -0.15) is 0 Å².